The van der Waals surface area contributed by atoms with Gasteiger partial charge in [-0.3, -0.25) is 0 Å². The molecule has 6 heteroatoms. The smallest absolute Gasteiger partial charge is 0.166 e. The molecule has 14 rings (SSSR count). The van der Waals surface area contributed by atoms with Gasteiger partial charge in [0.15, 0.2) is 23.1 Å². The van der Waals surface area contributed by atoms with Crippen molar-refractivity contribution >= 4 is 96.8 Å². The Morgan fingerprint density at radius 1 is 0.338 bits per heavy atom. The molecule has 0 amide bonds. The van der Waals surface area contributed by atoms with Crippen LogP contribution in [0.1, 0.15) is 0 Å². The molecule has 65 heavy (non-hydrogen) atoms. The summed E-state index contributed by atoms with van der Waals surface area (Å²) in [5.74, 6) is 1.75. The summed E-state index contributed by atoms with van der Waals surface area (Å²) in [5.41, 5.74) is 9.59. The molecule has 0 atom stereocenters. The Kier molecular flexibility index (Phi) is 7.79. The maximum Gasteiger partial charge on any atom is 0.166 e. The number of hydrogen-bond acceptors (Lipinski definition) is 5. The minimum Gasteiger partial charge on any atom is -0.453 e. The van der Waals surface area contributed by atoms with Gasteiger partial charge in [-0.15, -0.1) is 11.3 Å². The van der Waals surface area contributed by atoms with Crippen LogP contribution < -0.4 is 0 Å². The van der Waals surface area contributed by atoms with Crippen molar-refractivity contribution in [1.29, 1.82) is 0 Å². The molecule has 14 aromatic rings. The van der Waals surface area contributed by atoms with Crippen molar-refractivity contribution in [2.45, 2.75) is 0 Å². The lowest BCUT2D eigenvalue weighted by Gasteiger charge is -2.15. The van der Waals surface area contributed by atoms with Crippen LogP contribution in [0.5, 0.6) is 0 Å². The highest BCUT2D eigenvalue weighted by atomic mass is 32.1. The van der Waals surface area contributed by atoms with Crippen LogP contribution >= 0.6 is 11.3 Å². The fraction of sp³-hybridized carbons (Fsp3) is 0. The molecule has 0 bridgehead atoms. The summed E-state index contributed by atoms with van der Waals surface area (Å²) in [7, 11) is 0. The summed E-state index contributed by atoms with van der Waals surface area (Å²) >= 11 is 1.80. The second-order valence-electron chi connectivity index (χ2n) is 16.7. The summed E-state index contributed by atoms with van der Waals surface area (Å²) in [5, 5.41) is 11.4. The summed E-state index contributed by atoms with van der Waals surface area (Å²) in [6.45, 7) is 0. The summed E-state index contributed by atoms with van der Waals surface area (Å²) in [6.07, 6.45) is 0. The first-order chi connectivity index (χ1) is 32.2. The van der Waals surface area contributed by atoms with Crippen molar-refractivity contribution in [3.05, 3.63) is 206 Å². The highest BCUT2D eigenvalue weighted by Crippen LogP contribution is 2.45. The van der Waals surface area contributed by atoms with Crippen molar-refractivity contribution in [2.75, 3.05) is 0 Å². The van der Waals surface area contributed by atoms with Gasteiger partial charge in [-0.25, -0.2) is 15.0 Å². The van der Waals surface area contributed by atoms with Gasteiger partial charge in [-0.2, -0.15) is 0 Å². The van der Waals surface area contributed by atoms with Gasteiger partial charge in [0.2, 0.25) is 0 Å². The van der Waals surface area contributed by atoms with E-state index in [-0.39, 0.29) is 0 Å². The third-order valence-electron chi connectivity index (χ3n) is 13.0. The van der Waals surface area contributed by atoms with Crippen LogP contribution in [0.25, 0.3) is 136 Å². The van der Waals surface area contributed by atoms with E-state index in [1.807, 2.05) is 6.07 Å². The molecular weight excluding hydrogens is 813 g/mol. The average Bonchev–Trinajstić information content (AvgIpc) is 4.05. The molecule has 0 saturated carbocycles. The highest BCUT2D eigenvalue weighted by molar-refractivity contribution is 7.25. The lowest BCUT2D eigenvalue weighted by Crippen LogP contribution is -2.04. The Balaban J connectivity index is 1.09. The van der Waals surface area contributed by atoms with Gasteiger partial charge in [-0.05, 0) is 87.9 Å². The van der Waals surface area contributed by atoms with Crippen LogP contribution in [0.4, 0.5) is 0 Å². The van der Waals surface area contributed by atoms with Gasteiger partial charge in [0.05, 0.1) is 11.0 Å². The molecule has 10 aromatic carbocycles. The molecule has 0 aliphatic heterocycles. The van der Waals surface area contributed by atoms with Crippen molar-refractivity contribution in [1.82, 2.24) is 19.5 Å². The van der Waals surface area contributed by atoms with Gasteiger partial charge in [0.1, 0.15) is 11.3 Å². The Bertz CT molecular complexity index is 4240. The molecule has 0 aliphatic rings. The Morgan fingerprint density at radius 3 is 1.78 bits per heavy atom. The lowest BCUT2D eigenvalue weighted by atomic mass is 10.0. The molecule has 0 fully saturated rings. The molecular formula is C59H34N4OS. The predicted octanol–water partition coefficient (Wildman–Crippen LogP) is 16.2. The number of para-hydroxylation sites is 1. The fourth-order valence-corrected chi connectivity index (χ4v) is 11.0. The van der Waals surface area contributed by atoms with E-state index in [4.69, 9.17) is 19.4 Å². The minimum atomic E-state index is 0.557. The van der Waals surface area contributed by atoms with E-state index in [9.17, 15) is 0 Å². The van der Waals surface area contributed by atoms with Crippen LogP contribution in [-0.4, -0.2) is 19.5 Å². The number of nitrogens with zero attached hydrogens (tertiary/aromatic N) is 4. The zero-order valence-corrected chi connectivity index (χ0v) is 35.6. The third kappa shape index (κ3) is 5.61. The molecule has 4 heterocycles. The second-order valence-corrected chi connectivity index (χ2v) is 17.8. The molecule has 0 N–H and O–H groups in total. The van der Waals surface area contributed by atoms with Gasteiger partial charge < -0.3 is 8.98 Å². The van der Waals surface area contributed by atoms with E-state index in [0.29, 0.717) is 17.5 Å². The first-order valence-electron chi connectivity index (χ1n) is 21.8. The molecule has 302 valence electrons. The summed E-state index contributed by atoms with van der Waals surface area (Å²) in [4.78, 5) is 16.2. The van der Waals surface area contributed by atoms with Gasteiger partial charge in [0, 0.05) is 63.8 Å². The number of rotatable bonds is 5. The Labute approximate surface area is 376 Å². The molecule has 0 unspecified atom stereocenters. The maximum atomic E-state index is 7.24. The molecule has 4 aromatic heterocycles. The quantitative estimate of drug-likeness (QED) is 0.173. The van der Waals surface area contributed by atoms with Gasteiger partial charge in [-0.1, -0.05) is 146 Å². The first kappa shape index (κ1) is 36.1. The van der Waals surface area contributed by atoms with E-state index in [1.165, 1.54) is 25.6 Å². The topological polar surface area (TPSA) is 56.7 Å². The molecule has 0 radical (unpaired) electrons. The van der Waals surface area contributed by atoms with E-state index >= 15 is 0 Å². The second kappa shape index (κ2) is 14.0. The molecule has 0 saturated heterocycles. The van der Waals surface area contributed by atoms with Crippen LogP contribution in [0.3, 0.4) is 0 Å². The van der Waals surface area contributed by atoms with Crippen molar-refractivity contribution < 1.29 is 4.42 Å². The maximum absolute atomic E-state index is 7.24. The average molecular weight is 847 g/mol. The Hall–Kier alpha value is -8.45. The van der Waals surface area contributed by atoms with Crippen LogP contribution in [-0.2, 0) is 0 Å². The number of fused-ring (bicyclic) bond motifs is 12. The monoisotopic (exact) mass is 846 g/mol. The van der Waals surface area contributed by atoms with E-state index in [0.717, 1.165) is 93.4 Å². The molecule has 0 aliphatic carbocycles. The van der Waals surface area contributed by atoms with Crippen LogP contribution in [0.2, 0.25) is 0 Å². The zero-order chi connectivity index (χ0) is 42.6. The van der Waals surface area contributed by atoms with Gasteiger partial charge >= 0.3 is 0 Å². The number of aromatic nitrogens is 4. The minimum absolute atomic E-state index is 0.557. The molecule has 5 nitrogen and oxygen atoms in total. The van der Waals surface area contributed by atoms with Gasteiger partial charge in [0.25, 0.3) is 0 Å². The highest BCUT2D eigenvalue weighted by Gasteiger charge is 2.25. The van der Waals surface area contributed by atoms with Crippen molar-refractivity contribution in [3.8, 4) is 51.0 Å². The van der Waals surface area contributed by atoms with Crippen molar-refractivity contribution in [3.63, 3.8) is 0 Å². The molecule has 0 spiro atoms. The van der Waals surface area contributed by atoms with E-state index in [1.54, 1.807) is 11.3 Å². The summed E-state index contributed by atoms with van der Waals surface area (Å²) < 4.78 is 12.1. The summed E-state index contributed by atoms with van der Waals surface area (Å²) in [6, 6.07) is 73.2. The lowest BCUT2D eigenvalue weighted by molar-refractivity contribution is 0.670. The van der Waals surface area contributed by atoms with Crippen molar-refractivity contribution in [2.24, 2.45) is 0 Å². The SMILES string of the molecule is c1ccc(-c2ccc(-c3nc(-c4ccc5sc6ccccc6c5c4)nc(-c4ccc5c(oc6c7ccccc7ccc56)c4-n4c5ccccc5c5cc6ccccc6cc54)n3)cc2)cc1. The normalized spacial score (nSPS) is 12.0. The van der Waals surface area contributed by atoms with E-state index in [2.05, 4.69) is 205 Å². The van der Waals surface area contributed by atoms with Crippen LogP contribution in [0.15, 0.2) is 211 Å². The number of benzene rings is 10. The van der Waals surface area contributed by atoms with Crippen LogP contribution in [0, 0.1) is 0 Å². The zero-order valence-electron chi connectivity index (χ0n) is 34.7. The van der Waals surface area contributed by atoms with E-state index < -0.39 is 0 Å². The number of hydrogen-bond donors (Lipinski definition) is 0. The first-order valence-corrected chi connectivity index (χ1v) is 22.7. The third-order valence-corrected chi connectivity index (χ3v) is 14.2. The fourth-order valence-electron chi connectivity index (χ4n) is 9.91. The largest absolute Gasteiger partial charge is 0.453 e. The number of furan rings is 1. The Morgan fingerprint density at radius 2 is 0.938 bits per heavy atom. The predicted molar refractivity (Wildman–Crippen MR) is 271 cm³/mol. The standard InChI is InChI=1S/C59H34N4OS/c1-2-12-35(13-3-1)36-22-24-38(25-23-36)57-60-58(41-27-31-53-49(33-41)44-19-9-11-21-52(44)65-53)62-59(61-57)47-30-29-46-45-28-26-37-14-6-7-17-42(37)55(45)64-56(46)54(47)63-50-20-10-8-18-43(50)48-32-39-15-4-5-16-40(39)34-51(48)63/h1-34H. The number of thiophene rings is 1.